The molecule has 1 saturated heterocycles. The van der Waals surface area contributed by atoms with Crippen LogP contribution in [-0.4, -0.2) is 29.2 Å². The van der Waals surface area contributed by atoms with Crippen molar-refractivity contribution >= 4 is 34.7 Å². The average molecular weight is 340 g/mol. The second-order valence-corrected chi connectivity index (χ2v) is 7.02. The Morgan fingerprint density at radius 1 is 0.958 bits per heavy atom. The first kappa shape index (κ1) is 15.1. The number of amides is 3. The highest BCUT2D eigenvalue weighted by Crippen LogP contribution is 2.26. The van der Waals surface area contributed by atoms with Crippen molar-refractivity contribution in [3.8, 4) is 0 Å². The Hall–Kier alpha value is -2.47. The predicted octanol–water partition coefficient (Wildman–Crippen LogP) is 2.60. The highest BCUT2D eigenvalue weighted by Gasteiger charge is 2.30. The molecule has 0 spiro atoms. The van der Waals surface area contributed by atoms with Gasteiger partial charge in [-0.1, -0.05) is 0 Å². The van der Waals surface area contributed by atoms with E-state index in [1.807, 2.05) is 4.90 Å². The van der Waals surface area contributed by atoms with Crippen molar-refractivity contribution < 1.29 is 14.4 Å². The molecule has 2 aliphatic rings. The maximum absolute atomic E-state index is 12.7. The molecule has 0 radical (unpaired) electrons. The minimum Gasteiger partial charge on any atom is -0.334 e. The van der Waals surface area contributed by atoms with Gasteiger partial charge in [-0.2, -0.15) is 0 Å². The van der Waals surface area contributed by atoms with Crippen LogP contribution in [0, 0.1) is 0 Å². The summed E-state index contributed by atoms with van der Waals surface area (Å²) < 4.78 is 0. The van der Waals surface area contributed by atoms with Crippen LogP contribution in [0.15, 0.2) is 35.7 Å². The molecular weight excluding hydrogens is 324 g/mol. The molecule has 2 aromatic rings. The molecule has 1 aromatic heterocycles. The molecule has 0 saturated carbocycles. The number of fused-ring (bicyclic) bond motifs is 1. The van der Waals surface area contributed by atoms with Gasteiger partial charge in [0.15, 0.2) is 0 Å². The Morgan fingerprint density at radius 2 is 1.67 bits per heavy atom. The summed E-state index contributed by atoms with van der Waals surface area (Å²) in [6.07, 6.45) is 1.42. The zero-order valence-corrected chi connectivity index (χ0v) is 13.8. The first-order valence-corrected chi connectivity index (χ1v) is 8.82. The van der Waals surface area contributed by atoms with E-state index >= 15 is 0 Å². The fourth-order valence-electron chi connectivity index (χ4n) is 3.22. The van der Waals surface area contributed by atoms with Gasteiger partial charge in [0.05, 0.1) is 5.69 Å². The fourth-order valence-corrected chi connectivity index (χ4v) is 4.11. The minimum atomic E-state index is -0.180. The van der Waals surface area contributed by atoms with Crippen molar-refractivity contribution in [2.75, 3.05) is 11.4 Å². The van der Waals surface area contributed by atoms with Gasteiger partial charge in [0, 0.05) is 36.4 Å². The lowest BCUT2D eigenvalue weighted by atomic mass is 10.1. The van der Waals surface area contributed by atoms with E-state index in [-0.39, 0.29) is 30.6 Å². The molecule has 3 heterocycles. The zero-order valence-electron chi connectivity index (χ0n) is 13.0. The SMILES string of the molecule is O=C(c1ccc(N2C(=O)CCC2=O)cc1)N1CCc2sccc2C1. The maximum Gasteiger partial charge on any atom is 0.254 e. The number of carbonyl (C=O) groups is 3. The number of rotatable bonds is 2. The Labute approximate surface area is 143 Å². The molecule has 0 aliphatic carbocycles. The van der Waals surface area contributed by atoms with Crippen molar-refractivity contribution in [1.29, 1.82) is 0 Å². The molecule has 3 amide bonds. The summed E-state index contributed by atoms with van der Waals surface area (Å²) in [5, 5.41) is 2.07. The number of benzene rings is 1. The van der Waals surface area contributed by atoms with E-state index in [0.29, 0.717) is 17.8 Å². The van der Waals surface area contributed by atoms with Crippen LogP contribution in [-0.2, 0) is 22.6 Å². The van der Waals surface area contributed by atoms with E-state index in [4.69, 9.17) is 0 Å². The van der Waals surface area contributed by atoms with Gasteiger partial charge in [0.2, 0.25) is 11.8 Å². The molecule has 24 heavy (non-hydrogen) atoms. The Kier molecular flexibility index (Phi) is 3.69. The molecule has 4 rings (SSSR count). The van der Waals surface area contributed by atoms with E-state index in [9.17, 15) is 14.4 Å². The van der Waals surface area contributed by atoms with Crippen molar-refractivity contribution in [2.24, 2.45) is 0 Å². The normalized spacial score (nSPS) is 17.3. The van der Waals surface area contributed by atoms with E-state index in [1.54, 1.807) is 35.6 Å². The van der Waals surface area contributed by atoms with Crippen LogP contribution in [0.25, 0.3) is 0 Å². The van der Waals surface area contributed by atoms with Crippen LogP contribution < -0.4 is 4.90 Å². The molecule has 0 bridgehead atoms. The molecule has 5 nitrogen and oxygen atoms in total. The van der Waals surface area contributed by atoms with Crippen LogP contribution in [0.5, 0.6) is 0 Å². The highest BCUT2D eigenvalue weighted by molar-refractivity contribution is 7.10. The van der Waals surface area contributed by atoms with Crippen LogP contribution in [0.1, 0.15) is 33.6 Å². The van der Waals surface area contributed by atoms with E-state index in [1.165, 1.54) is 15.3 Å². The molecule has 1 aromatic carbocycles. The third kappa shape index (κ3) is 2.53. The summed E-state index contributed by atoms with van der Waals surface area (Å²) in [4.78, 5) is 40.6. The molecule has 1 fully saturated rings. The van der Waals surface area contributed by atoms with E-state index in [0.717, 1.165) is 13.0 Å². The zero-order chi connectivity index (χ0) is 16.7. The summed E-state index contributed by atoms with van der Waals surface area (Å²) in [5.74, 6) is -0.377. The highest BCUT2D eigenvalue weighted by atomic mass is 32.1. The van der Waals surface area contributed by atoms with Gasteiger partial charge < -0.3 is 4.90 Å². The Bertz CT molecular complexity index is 809. The smallest absolute Gasteiger partial charge is 0.254 e. The number of hydrogen-bond donors (Lipinski definition) is 0. The van der Waals surface area contributed by atoms with E-state index < -0.39 is 0 Å². The third-order valence-corrected chi connectivity index (χ3v) is 5.54. The lowest BCUT2D eigenvalue weighted by molar-refractivity contribution is -0.121. The second kappa shape index (κ2) is 5.87. The maximum atomic E-state index is 12.7. The number of carbonyl (C=O) groups excluding carboxylic acids is 3. The molecule has 0 atom stereocenters. The van der Waals surface area contributed by atoms with Crippen LogP contribution in [0.4, 0.5) is 5.69 Å². The summed E-state index contributed by atoms with van der Waals surface area (Å²) >= 11 is 1.74. The Balaban J connectivity index is 1.52. The monoisotopic (exact) mass is 340 g/mol. The van der Waals surface area contributed by atoms with Gasteiger partial charge in [-0.15, -0.1) is 11.3 Å². The Morgan fingerprint density at radius 3 is 2.38 bits per heavy atom. The second-order valence-electron chi connectivity index (χ2n) is 6.02. The predicted molar refractivity (Wildman–Crippen MR) is 90.9 cm³/mol. The topological polar surface area (TPSA) is 57.7 Å². The van der Waals surface area contributed by atoms with Crippen LogP contribution >= 0.6 is 11.3 Å². The molecule has 0 N–H and O–H groups in total. The molecule has 6 heteroatoms. The van der Waals surface area contributed by atoms with Gasteiger partial charge in [-0.25, -0.2) is 0 Å². The summed E-state index contributed by atoms with van der Waals surface area (Å²) in [6.45, 7) is 1.36. The lowest BCUT2D eigenvalue weighted by Crippen LogP contribution is -2.35. The number of hydrogen-bond acceptors (Lipinski definition) is 4. The molecule has 0 unspecified atom stereocenters. The summed E-state index contributed by atoms with van der Waals surface area (Å²) in [5.41, 5.74) is 2.35. The number of anilines is 1. The van der Waals surface area contributed by atoms with Crippen molar-refractivity contribution in [2.45, 2.75) is 25.8 Å². The molecular formula is C18H16N2O3S. The molecule has 2 aliphatic heterocycles. The van der Waals surface area contributed by atoms with Crippen molar-refractivity contribution in [1.82, 2.24) is 4.90 Å². The van der Waals surface area contributed by atoms with Gasteiger partial charge in [0.25, 0.3) is 5.91 Å². The van der Waals surface area contributed by atoms with Crippen LogP contribution in [0.3, 0.4) is 0 Å². The first-order chi connectivity index (χ1) is 11.6. The number of imide groups is 1. The summed E-state index contributed by atoms with van der Waals surface area (Å²) in [7, 11) is 0. The third-order valence-electron chi connectivity index (χ3n) is 4.52. The lowest BCUT2D eigenvalue weighted by Gasteiger charge is -2.27. The van der Waals surface area contributed by atoms with Gasteiger partial charge in [0.1, 0.15) is 0 Å². The van der Waals surface area contributed by atoms with Gasteiger partial charge in [-0.3, -0.25) is 19.3 Å². The summed E-state index contributed by atoms with van der Waals surface area (Å²) in [6, 6.07) is 8.81. The number of thiophene rings is 1. The minimum absolute atomic E-state index is 0.0162. The van der Waals surface area contributed by atoms with Crippen molar-refractivity contribution in [3.63, 3.8) is 0 Å². The first-order valence-electron chi connectivity index (χ1n) is 7.94. The van der Waals surface area contributed by atoms with Gasteiger partial charge in [-0.05, 0) is 47.7 Å². The number of nitrogens with zero attached hydrogens (tertiary/aromatic N) is 2. The largest absolute Gasteiger partial charge is 0.334 e. The quantitative estimate of drug-likeness (QED) is 0.790. The van der Waals surface area contributed by atoms with Crippen molar-refractivity contribution in [3.05, 3.63) is 51.7 Å². The average Bonchev–Trinajstić information content (AvgIpc) is 3.20. The standard InChI is InChI=1S/C18H16N2O3S/c21-16-5-6-17(22)20(16)14-3-1-12(2-4-14)18(23)19-9-7-15-13(11-19)8-10-24-15/h1-4,8,10H,5-7,9,11H2. The molecule has 122 valence electrons. The van der Waals surface area contributed by atoms with Crippen LogP contribution in [0.2, 0.25) is 0 Å². The van der Waals surface area contributed by atoms with Gasteiger partial charge >= 0.3 is 0 Å². The van der Waals surface area contributed by atoms with E-state index in [2.05, 4.69) is 11.4 Å². The fraction of sp³-hybridized carbons (Fsp3) is 0.278.